The van der Waals surface area contributed by atoms with Gasteiger partial charge in [0.05, 0.1) is 0 Å². The van der Waals surface area contributed by atoms with Gasteiger partial charge < -0.3 is 0 Å². The van der Waals surface area contributed by atoms with Gasteiger partial charge >= 0.3 is 0 Å². The molecule has 4 bridgehead atoms. The van der Waals surface area contributed by atoms with Crippen molar-refractivity contribution in [3.05, 3.63) is 12.2 Å². The molecule has 0 aromatic heterocycles. The maximum Gasteiger partial charge on any atom is 0.144 e. The molecule has 0 N–H and O–H groups in total. The van der Waals surface area contributed by atoms with E-state index in [1.807, 2.05) is 0 Å². The van der Waals surface area contributed by atoms with Gasteiger partial charge in [-0.1, -0.05) is 19.1 Å². The molecule has 0 aromatic carbocycles. The van der Waals surface area contributed by atoms with Crippen LogP contribution in [0.2, 0.25) is 0 Å². The number of ketones is 1. The number of allylic oxidation sites excluding steroid dienone is 1. The van der Waals surface area contributed by atoms with E-state index >= 15 is 0 Å². The fourth-order valence-corrected chi connectivity index (χ4v) is 3.73. The van der Waals surface area contributed by atoms with E-state index in [2.05, 4.69) is 13.5 Å². The van der Waals surface area contributed by atoms with Gasteiger partial charge in [0.15, 0.2) is 0 Å². The average molecular weight is 162 g/mol. The molecule has 5 rings (SSSR count). The molecule has 0 aromatic rings. The molecule has 64 valence electrons. The molecule has 5 fully saturated rings. The predicted octanol–water partition coefficient (Wildman–Crippen LogP) is 2.18. The summed E-state index contributed by atoms with van der Waals surface area (Å²) in [5.74, 6) is 1.86. The second kappa shape index (κ2) is 1.68. The van der Waals surface area contributed by atoms with Crippen molar-refractivity contribution in [1.29, 1.82) is 0 Å². The van der Waals surface area contributed by atoms with E-state index in [0.717, 1.165) is 6.42 Å². The van der Waals surface area contributed by atoms with Crippen molar-refractivity contribution in [3.63, 3.8) is 0 Å². The highest BCUT2D eigenvalue weighted by Crippen LogP contribution is 2.67. The van der Waals surface area contributed by atoms with Crippen molar-refractivity contribution in [3.8, 4) is 0 Å². The van der Waals surface area contributed by atoms with Gasteiger partial charge in [0.25, 0.3) is 0 Å². The summed E-state index contributed by atoms with van der Waals surface area (Å²) in [6.45, 7) is 6.37. The molecular weight excluding hydrogens is 148 g/mol. The van der Waals surface area contributed by atoms with Gasteiger partial charge in [-0.15, -0.1) is 0 Å². The molecule has 12 heavy (non-hydrogen) atoms. The van der Waals surface area contributed by atoms with Crippen LogP contribution in [0.5, 0.6) is 0 Å². The topological polar surface area (TPSA) is 17.1 Å². The first-order valence-corrected chi connectivity index (χ1v) is 4.87. The molecule has 5 saturated carbocycles. The first-order chi connectivity index (χ1) is 5.64. The zero-order valence-electron chi connectivity index (χ0n) is 7.47. The largest absolute Gasteiger partial charge is 0.299 e. The van der Waals surface area contributed by atoms with Gasteiger partial charge in [-0.3, -0.25) is 4.79 Å². The normalized spacial score (nSPS) is 55.6. The van der Waals surface area contributed by atoms with Gasteiger partial charge in [-0.2, -0.15) is 0 Å². The summed E-state index contributed by atoms with van der Waals surface area (Å²) in [6, 6.07) is 0. The van der Waals surface area contributed by atoms with Crippen molar-refractivity contribution in [2.45, 2.75) is 26.2 Å². The Kier molecular flexibility index (Phi) is 0.964. The van der Waals surface area contributed by atoms with E-state index < -0.39 is 0 Å². The summed E-state index contributed by atoms with van der Waals surface area (Å²) in [4.78, 5) is 11.6. The van der Waals surface area contributed by atoms with Crippen molar-refractivity contribution in [2.24, 2.45) is 23.2 Å². The van der Waals surface area contributed by atoms with Crippen LogP contribution < -0.4 is 0 Å². The minimum atomic E-state index is 0.259. The minimum Gasteiger partial charge on any atom is -0.299 e. The fourth-order valence-electron chi connectivity index (χ4n) is 3.73. The molecule has 5 aliphatic rings. The molecule has 0 spiro atoms. The van der Waals surface area contributed by atoms with Crippen LogP contribution in [0.4, 0.5) is 0 Å². The first kappa shape index (κ1) is 6.88. The lowest BCUT2D eigenvalue weighted by Crippen LogP contribution is -2.64. The molecule has 1 nitrogen and oxygen atoms in total. The summed E-state index contributed by atoms with van der Waals surface area (Å²) in [5, 5.41) is 0. The molecule has 4 atom stereocenters. The summed E-state index contributed by atoms with van der Waals surface area (Å²) < 4.78 is 0. The molecule has 0 heterocycles. The van der Waals surface area contributed by atoms with Gasteiger partial charge in [-0.25, -0.2) is 0 Å². The molecule has 0 unspecified atom stereocenters. The van der Waals surface area contributed by atoms with Crippen LogP contribution in [-0.2, 0) is 4.79 Å². The van der Waals surface area contributed by atoms with Gasteiger partial charge in [-0.05, 0) is 30.6 Å². The Morgan fingerprint density at radius 2 is 2.33 bits per heavy atom. The second-order valence-electron chi connectivity index (χ2n) is 4.94. The summed E-state index contributed by atoms with van der Waals surface area (Å²) >= 11 is 0. The number of carbonyl (C=O) groups excluding carboxylic acids is 1. The third-order valence-electron chi connectivity index (χ3n) is 4.53. The van der Waals surface area contributed by atoms with Crippen LogP contribution in [0, 0.1) is 23.2 Å². The molecule has 5 aliphatic carbocycles. The number of rotatable bonds is 0. The third kappa shape index (κ3) is 0.476. The van der Waals surface area contributed by atoms with E-state index in [0.29, 0.717) is 23.0 Å². The van der Waals surface area contributed by atoms with Crippen LogP contribution in [0.3, 0.4) is 0 Å². The zero-order chi connectivity index (χ0) is 8.51. The van der Waals surface area contributed by atoms with Crippen molar-refractivity contribution in [2.75, 3.05) is 0 Å². The predicted molar refractivity (Wildman–Crippen MR) is 46.6 cm³/mol. The Morgan fingerprint density at radius 3 is 2.83 bits per heavy atom. The van der Waals surface area contributed by atoms with Gasteiger partial charge in [0.2, 0.25) is 0 Å². The maximum absolute atomic E-state index is 11.6. The quantitative estimate of drug-likeness (QED) is 0.499. The lowest BCUT2D eigenvalue weighted by molar-refractivity contribution is -0.166. The molecular formula is C11H14O. The minimum absolute atomic E-state index is 0.259. The van der Waals surface area contributed by atoms with E-state index in [4.69, 9.17) is 0 Å². The molecule has 1 heteroatoms. The summed E-state index contributed by atoms with van der Waals surface area (Å²) in [5.41, 5.74) is 1.60. The lowest BCUT2D eigenvalue weighted by Gasteiger charge is -2.64. The number of hydrogen-bond donors (Lipinski definition) is 0. The van der Waals surface area contributed by atoms with E-state index in [1.54, 1.807) is 0 Å². The zero-order valence-corrected chi connectivity index (χ0v) is 7.47. The smallest absolute Gasteiger partial charge is 0.144 e. The third-order valence-corrected chi connectivity index (χ3v) is 4.53. The monoisotopic (exact) mass is 162 g/mol. The highest BCUT2D eigenvalue weighted by Gasteiger charge is 2.66. The summed E-state index contributed by atoms with van der Waals surface area (Å²) in [6.07, 6.45) is 3.66. The SMILES string of the molecule is C=C1[C@@H]2CC[C@]3(C)[C@H]1C(=O)[C@@H]3C2. The Labute approximate surface area is 72.8 Å². The Morgan fingerprint density at radius 1 is 1.58 bits per heavy atom. The van der Waals surface area contributed by atoms with Gasteiger partial charge in [0.1, 0.15) is 5.78 Å². The fraction of sp³-hybridized carbons (Fsp3) is 0.727. The van der Waals surface area contributed by atoms with Crippen LogP contribution in [0.1, 0.15) is 26.2 Å². The number of hydrogen-bond acceptors (Lipinski definition) is 1. The highest BCUT2D eigenvalue weighted by molar-refractivity contribution is 5.95. The molecule has 0 aliphatic heterocycles. The highest BCUT2D eigenvalue weighted by atomic mass is 16.1. The average Bonchev–Trinajstić information content (AvgIpc) is 2.03. The Hall–Kier alpha value is -0.590. The molecule has 0 saturated heterocycles. The standard InChI is InChI=1S/C11H14O/c1-6-7-3-4-11(2)8(5-7)10(12)9(6)11/h7-9H,1,3-5H2,2H3/t7-,8+,9-,11+/m1/s1. The van der Waals surface area contributed by atoms with Crippen molar-refractivity contribution in [1.82, 2.24) is 0 Å². The van der Waals surface area contributed by atoms with Crippen LogP contribution in [-0.4, -0.2) is 5.78 Å². The maximum atomic E-state index is 11.6. The second-order valence-corrected chi connectivity index (χ2v) is 4.94. The van der Waals surface area contributed by atoms with Crippen LogP contribution >= 0.6 is 0 Å². The summed E-state index contributed by atoms with van der Waals surface area (Å²) in [7, 11) is 0. The van der Waals surface area contributed by atoms with Crippen molar-refractivity contribution >= 4 is 5.78 Å². The Balaban J connectivity index is 2.11. The molecule has 0 radical (unpaired) electrons. The van der Waals surface area contributed by atoms with E-state index in [9.17, 15) is 4.79 Å². The van der Waals surface area contributed by atoms with E-state index in [-0.39, 0.29) is 5.92 Å². The first-order valence-electron chi connectivity index (χ1n) is 4.87. The van der Waals surface area contributed by atoms with Crippen LogP contribution in [0.15, 0.2) is 12.2 Å². The number of fused-ring (bicyclic) bond motifs is 1. The van der Waals surface area contributed by atoms with Gasteiger partial charge in [0, 0.05) is 11.8 Å². The number of Topliss-reactive ketones (excluding diaryl/α,β-unsaturated/α-hetero) is 1. The molecule has 0 amide bonds. The number of carbonyl (C=O) groups is 1. The van der Waals surface area contributed by atoms with Crippen molar-refractivity contribution < 1.29 is 4.79 Å². The lowest BCUT2D eigenvalue weighted by atomic mass is 9.38. The van der Waals surface area contributed by atoms with Crippen LogP contribution in [0.25, 0.3) is 0 Å². The Bertz CT molecular complexity index is 291. The van der Waals surface area contributed by atoms with E-state index in [1.165, 1.54) is 18.4 Å².